The van der Waals surface area contributed by atoms with E-state index in [1.54, 1.807) is 0 Å². The van der Waals surface area contributed by atoms with Crippen LogP contribution in [-0.4, -0.2) is 12.0 Å². The molecule has 2 aromatic carbocycles. The Morgan fingerprint density at radius 3 is 2.34 bits per heavy atom. The minimum atomic E-state index is -5.02. The molecule has 0 amide bonds. The van der Waals surface area contributed by atoms with Gasteiger partial charge in [-0.25, -0.2) is 4.79 Å². The van der Waals surface area contributed by atoms with Gasteiger partial charge in [-0.2, -0.15) is 13.2 Å². The van der Waals surface area contributed by atoms with Gasteiger partial charge in [0.25, 0.3) is 5.76 Å². The fourth-order valence-corrected chi connectivity index (χ4v) is 2.45. The molecule has 29 heavy (non-hydrogen) atoms. The molecule has 0 radical (unpaired) electrons. The van der Waals surface area contributed by atoms with Crippen molar-refractivity contribution in [1.29, 1.82) is 0 Å². The molecule has 3 aromatic rings. The zero-order valence-corrected chi connectivity index (χ0v) is 15.5. The maximum atomic E-state index is 13.5. The van der Waals surface area contributed by atoms with Crippen molar-refractivity contribution in [2.24, 2.45) is 5.73 Å². The van der Waals surface area contributed by atoms with Crippen LogP contribution in [0.1, 0.15) is 12.7 Å². The van der Waals surface area contributed by atoms with Crippen molar-refractivity contribution < 1.29 is 31.9 Å². The van der Waals surface area contributed by atoms with Crippen molar-refractivity contribution in [3.63, 3.8) is 0 Å². The molecule has 0 aliphatic carbocycles. The van der Waals surface area contributed by atoms with Crippen LogP contribution in [0.15, 0.2) is 51.7 Å². The molecule has 0 aliphatic rings. The van der Waals surface area contributed by atoms with Gasteiger partial charge in [0.05, 0.1) is 5.39 Å². The molecular weight excluding hydrogens is 415 g/mol. The summed E-state index contributed by atoms with van der Waals surface area (Å²) in [5, 5.41) is 0.148. The van der Waals surface area contributed by atoms with Crippen LogP contribution in [0.5, 0.6) is 17.2 Å². The first-order valence-corrected chi connectivity index (χ1v) is 8.53. The number of nitrogens with two attached hydrogens (primary N) is 1. The number of carbonyl (C=O) groups is 1. The van der Waals surface area contributed by atoms with E-state index in [1.807, 2.05) is 0 Å². The Bertz CT molecular complexity index is 1120. The molecule has 6 nitrogen and oxygen atoms in total. The lowest BCUT2D eigenvalue weighted by Gasteiger charge is -2.14. The van der Waals surface area contributed by atoms with Crippen LogP contribution in [0, 0.1) is 0 Å². The molecular formula is C19H13ClF3NO5. The smallest absolute Gasteiger partial charge is 0.449 e. The van der Waals surface area contributed by atoms with Gasteiger partial charge in [-0.1, -0.05) is 11.6 Å². The molecule has 0 aliphatic heterocycles. The second kappa shape index (κ2) is 7.76. The number of ether oxygens (including phenoxy) is 2. The van der Waals surface area contributed by atoms with Crippen molar-refractivity contribution in [3.05, 3.63) is 63.5 Å². The van der Waals surface area contributed by atoms with Gasteiger partial charge in [-0.05, 0) is 43.3 Å². The Hall–Kier alpha value is -3.04. The molecule has 0 spiro atoms. The summed E-state index contributed by atoms with van der Waals surface area (Å²) in [4.78, 5) is 24.2. The molecule has 152 valence electrons. The second-order valence-electron chi connectivity index (χ2n) is 6.01. The molecule has 0 fully saturated rings. The Balaban J connectivity index is 2.13. The monoisotopic (exact) mass is 427 g/mol. The van der Waals surface area contributed by atoms with Crippen molar-refractivity contribution in [2.75, 3.05) is 0 Å². The van der Waals surface area contributed by atoms with E-state index in [0.717, 1.165) is 6.07 Å². The van der Waals surface area contributed by atoms with Gasteiger partial charge >= 0.3 is 12.1 Å². The summed E-state index contributed by atoms with van der Waals surface area (Å²) in [7, 11) is 0. The average Bonchev–Trinajstić information content (AvgIpc) is 2.64. The highest BCUT2D eigenvalue weighted by molar-refractivity contribution is 6.30. The first-order chi connectivity index (χ1) is 13.6. The zero-order valence-electron chi connectivity index (χ0n) is 14.7. The van der Waals surface area contributed by atoms with Gasteiger partial charge in [-0.15, -0.1) is 0 Å². The predicted molar refractivity (Wildman–Crippen MR) is 98.3 cm³/mol. The Labute approximate surface area is 166 Å². The molecule has 2 N–H and O–H groups in total. The zero-order chi connectivity index (χ0) is 21.3. The van der Waals surface area contributed by atoms with Gasteiger partial charge in [0.1, 0.15) is 23.1 Å². The van der Waals surface area contributed by atoms with E-state index in [1.165, 1.54) is 43.3 Å². The number of hydrogen-bond acceptors (Lipinski definition) is 6. The third kappa shape index (κ3) is 4.52. The van der Waals surface area contributed by atoms with Crippen molar-refractivity contribution >= 4 is 28.5 Å². The maximum absolute atomic E-state index is 13.5. The first-order valence-electron chi connectivity index (χ1n) is 8.15. The molecule has 1 unspecified atom stereocenters. The highest BCUT2D eigenvalue weighted by atomic mass is 35.5. The van der Waals surface area contributed by atoms with Gasteiger partial charge in [0.2, 0.25) is 11.2 Å². The molecule has 10 heteroatoms. The number of hydrogen-bond donors (Lipinski definition) is 1. The molecule has 0 saturated carbocycles. The van der Waals surface area contributed by atoms with Crippen molar-refractivity contribution in [2.45, 2.75) is 19.1 Å². The van der Waals surface area contributed by atoms with Crippen LogP contribution in [-0.2, 0) is 11.0 Å². The van der Waals surface area contributed by atoms with Crippen LogP contribution in [0.2, 0.25) is 5.02 Å². The van der Waals surface area contributed by atoms with Crippen LogP contribution < -0.4 is 20.6 Å². The number of carbonyl (C=O) groups excluding carboxylic acids is 1. The van der Waals surface area contributed by atoms with E-state index in [-0.39, 0.29) is 16.9 Å². The number of alkyl halides is 3. The fourth-order valence-electron chi connectivity index (χ4n) is 2.33. The van der Waals surface area contributed by atoms with Crippen LogP contribution in [0.3, 0.4) is 0 Å². The van der Waals surface area contributed by atoms with Crippen molar-refractivity contribution in [1.82, 2.24) is 0 Å². The van der Waals surface area contributed by atoms with Gasteiger partial charge in [-0.3, -0.25) is 4.79 Å². The summed E-state index contributed by atoms with van der Waals surface area (Å²) >= 11 is 5.74. The summed E-state index contributed by atoms with van der Waals surface area (Å²) in [5.41, 5.74) is 3.91. The van der Waals surface area contributed by atoms with E-state index in [9.17, 15) is 22.8 Å². The lowest BCUT2D eigenvalue weighted by atomic mass is 10.2. The summed E-state index contributed by atoms with van der Waals surface area (Å²) in [5.74, 6) is -3.60. The average molecular weight is 428 g/mol. The highest BCUT2D eigenvalue weighted by Crippen LogP contribution is 2.38. The van der Waals surface area contributed by atoms with Crippen LogP contribution in [0.25, 0.3) is 11.0 Å². The number of esters is 1. The SMILES string of the molecule is CC(N)C(=O)Oc1ccc2c(=O)c(Oc3ccc(Cl)cc3)c(C(F)(F)F)oc2c1. The Morgan fingerprint density at radius 1 is 1.14 bits per heavy atom. The third-order valence-corrected chi connectivity index (χ3v) is 3.96. The topological polar surface area (TPSA) is 91.8 Å². The molecule has 3 rings (SSSR count). The van der Waals surface area contributed by atoms with Gasteiger partial charge in [0, 0.05) is 11.1 Å². The van der Waals surface area contributed by atoms with E-state index in [0.29, 0.717) is 5.02 Å². The van der Waals surface area contributed by atoms with E-state index >= 15 is 0 Å². The molecule has 1 aromatic heterocycles. The Morgan fingerprint density at radius 2 is 1.76 bits per heavy atom. The van der Waals surface area contributed by atoms with E-state index < -0.39 is 40.7 Å². The van der Waals surface area contributed by atoms with E-state index in [2.05, 4.69) is 0 Å². The minimum Gasteiger partial charge on any atom is -0.449 e. The molecule has 0 bridgehead atoms. The predicted octanol–water partition coefficient (Wildman–Crippen LogP) is 4.51. The standard InChI is InChI=1S/C19H13ClF3NO5/c1-9(24)18(26)28-12-6-7-13-14(8-12)29-17(19(21,22)23)16(15(13)25)27-11-4-2-10(20)3-5-11/h2-9H,24H2,1H3. The second-order valence-corrected chi connectivity index (χ2v) is 6.45. The lowest BCUT2D eigenvalue weighted by Crippen LogP contribution is -2.30. The number of fused-ring (bicyclic) bond motifs is 1. The van der Waals surface area contributed by atoms with Gasteiger partial charge in [0.15, 0.2) is 0 Å². The Kier molecular flexibility index (Phi) is 5.54. The molecule has 1 heterocycles. The minimum absolute atomic E-state index is 0.0333. The fraction of sp³-hybridized carbons (Fsp3) is 0.158. The largest absolute Gasteiger partial charge is 0.453 e. The number of benzene rings is 2. The summed E-state index contributed by atoms with van der Waals surface area (Å²) in [6.45, 7) is 1.38. The number of rotatable bonds is 4. The normalized spacial score (nSPS) is 12.6. The quantitative estimate of drug-likeness (QED) is 0.486. The molecule has 1 atom stereocenters. The van der Waals surface area contributed by atoms with Gasteiger partial charge < -0.3 is 19.6 Å². The van der Waals surface area contributed by atoms with Crippen LogP contribution in [0.4, 0.5) is 13.2 Å². The highest BCUT2D eigenvalue weighted by Gasteiger charge is 2.40. The summed E-state index contributed by atoms with van der Waals surface area (Å²) in [6.07, 6.45) is -5.02. The lowest BCUT2D eigenvalue weighted by molar-refractivity contribution is -0.154. The molecule has 0 saturated heterocycles. The van der Waals surface area contributed by atoms with Crippen LogP contribution >= 0.6 is 11.6 Å². The third-order valence-electron chi connectivity index (χ3n) is 3.70. The maximum Gasteiger partial charge on any atom is 0.453 e. The summed E-state index contributed by atoms with van der Waals surface area (Å²) < 4.78 is 55.5. The first kappa shape index (κ1) is 20.7. The summed E-state index contributed by atoms with van der Waals surface area (Å²) in [6, 6.07) is 7.86. The van der Waals surface area contributed by atoms with Crippen molar-refractivity contribution in [3.8, 4) is 17.2 Å². The van der Waals surface area contributed by atoms with E-state index in [4.69, 9.17) is 31.2 Å². The number of halogens is 4.